The molecule has 2 unspecified atom stereocenters. The van der Waals surface area contributed by atoms with Crippen LogP contribution in [-0.2, 0) is 4.79 Å². The lowest BCUT2D eigenvalue weighted by Crippen LogP contribution is -2.34. The van der Waals surface area contributed by atoms with Gasteiger partial charge >= 0.3 is 5.97 Å². The van der Waals surface area contributed by atoms with Gasteiger partial charge in [-0.1, -0.05) is 6.07 Å². The van der Waals surface area contributed by atoms with Crippen molar-refractivity contribution in [3.8, 4) is 23.0 Å². The molecule has 156 valence electrons. The van der Waals surface area contributed by atoms with E-state index in [1.807, 2.05) is 0 Å². The maximum atomic E-state index is 12.0. The van der Waals surface area contributed by atoms with Crippen molar-refractivity contribution in [3.63, 3.8) is 0 Å². The van der Waals surface area contributed by atoms with Crippen molar-refractivity contribution >= 4 is 11.8 Å². The van der Waals surface area contributed by atoms with E-state index in [9.17, 15) is 19.8 Å². The second kappa shape index (κ2) is 9.79. The summed E-state index contributed by atoms with van der Waals surface area (Å²) in [4.78, 5) is 23.6. The molecule has 2 aromatic rings. The zero-order valence-electron chi connectivity index (χ0n) is 16.7. The lowest BCUT2D eigenvalue weighted by molar-refractivity contribution is -0.141. The predicted molar refractivity (Wildman–Crippen MR) is 104 cm³/mol. The quantitative estimate of drug-likeness (QED) is 0.581. The molecule has 2 rings (SSSR count). The minimum atomic E-state index is -1.20. The average molecular weight is 404 g/mol. The van der Waals surface area contributed by atoms with Crippen molar-refractivity contribution in [3.05, 3.63) is 47.5 Å². The van der Waals surface area contributed by atoms with Crippen LogP contribution in [0.1, 0.15) is 28.8 Å². The fraction of sp³-hybridized carbons (Fsp3) is 0.333. The van der Waals surface area contributed by atoms with E-state index in [0.717, 1.165) is 0 Å². The predicted octanol–water partition coefficient (Wildman–Crippen LogP) is 2.52. The second-order valence-electron chi connectivity index (χ2n) is 6.19. The summed E-state index contributed by atoms with van der Waals surface area (Å²) in [5, 5.41) is 19.7. The van der Waals surface area contributed by atoms with Crippen LogP contribution in [0.4, 0.5) is 0 Å². The van der Waals surface area contributed by atoms with Crippen molar-refractivity contribution in [2.75, 3.05) is 27.9 Å². The molecule has 2 atom stereocenters. The van der Waals surface area contributed by atoms with Crippen LogP contribution in [0.15, 0.2) is 36.4 Å². The van der Waals surface area contributed by atoms with Crippen LogP contribution < -0.4 is 18.9 Å². The van der Waals surface area contributed by atoms with Crippen LogP contribution in [0, 0.1) is 0 Å². The Morgan fingerprint density at radius 1 is 0.897 bits per heavy atom. The largest absolute Gasteiger partial charge is 0.493 e. The van der Waals surface area contributed by atoms with E-state index in [0.29, 0.717) is 22.6 Å². The van der Waals surface area contributed by atoms with Gasteiger partial charge in [0.05, 0.1) is 27.9 Å². The van der Waals surface area contributed by atoms with Crippen molar-refractivity contribution in [2.24, 2.45) is 0 Å². The zero-order valence-corrected chi connectivity index (χ0v) is 16.7. The molecule has 0 radical (unpaired) electrons. The number of hydrogen-bond donors (Lipinski definition) is 2. The highest BCUT2D eigenvalue weighted by Crippen LogP contribution is 2.35. The summed E-state index contributed by atoms with van der Waals surface area (Å²) >= 11 is 0. The van der Waals surface area contributed by atoms with Gasteiger partial charge in [-0.25, -0.2) is 0 Å². The highest BCUT2D eigenvalue weighted by atomic mass is 16.5. The van der Waals surface area contributed by atoms with E-state index in [1.54, 1.807) is 18.2 Å². The molecule has 0 aliphatic carbocycles. The fourth-order valence-corrected chi connectivity index (χ4v) is 2.92. The number of aliphatic hydroxyl groups excluding tert-OH is 1. The molecule has 8 nitrogen and oxygen atoms in total. The van der Waals surface area contributed by atoms with Gasteiger partial charge in [0.15, 0.2) is 28.8 Å². The number of carboxylic acid groups (broad SMARTS) is 1. The highest BCUT2D eigenvalue weighted by Gasteiger charge is 2.33. The first-order valence-electron chi connectivity index (χ1n) is 8.77. The first-order chi connectivity index (χ1) is 13.9. The molecule has 29 heavy (non-hydrogen) atoms. The lowest BCUT2D eigenvalue weighted by atomic mass is 9.93. The van der Waals surface area contributed by atoms with Gasteiger partial charge in [0.2, 0.25) is 0 Å². The van der Waals surface area contributed by atoms with E-state index in [2.05, 4.69) is 0 Å². The fourth-order valence-electron chi connectivity index (χ4n) is 2.92. The van der Waals surface area contributed by atoms with Gasteiger partial charge in [0, 0.05) is 5.56 Å². The number of rotatable bonds is 10. The number of benzene rings is 2. The molecule has 8 heteroatoms. The van der Waals surface area contributed by atoms with E-state index < -0.39 is 24.6 Å². The zero-order chi connectivity index (χ0) is 21.6. The van der Waals surface area contributed by atoms with Gasteiger partial charge in [-0.15, -0.1) is 0 Å². The van der Waals surface area contributed by atoms with Crippen LogP contribution in [0.3, 0.4) is 0 Å². The number of carbonyl (C=O) groups is 2. The molecule has 0 amide bonds. The topological polar surface area (TPSA) is 112 Å². The van der Waals surface area contributed by atoms with Crippen LogP contribution in [0.5, 0.6) is 23.0 Å². The molecule has 0 fully saturated rings. The molecule has 0 bridgehead atoms. The van der Waals surface area contributed by atoms with E-state index in [4.69, 9.17) is 18.9 Å². The summed E-state index contributed by atoms with van der Waals surface area (Å²) in [6.07, 6.45) is -1.12. The van der Waals surface area contributed by atoms with Gasteiger partial charge in [0.1, 0.15) is 12.0 Å². The van der Waals surface area contributed by atoms with Crippen LogP contribution in [0.2, 0.25) is 0 Å². The van der Waals surface area contributed by atoms with Gasteiger partial charge in [-0.05, 0) is 42.8 Å². The third kappa shape index (κ3) is 4.97. The number of ketones is 1. The van der Waals surface area contributed by atoms with Crippen LogP contribution in [0.25, 0.3) is 0 Å². The summed E-state index contributed by atoms with van der Waals surface area (Å²) in [5.74, 6) is -1.26. The normalized spacial score (nSPS) is 12.6. The molecule has 0 heterocycles. The monoisotopic (exact) mass is 404 g/mol. The summed E-state index contributed by atoms with van der Waals surface area (Å²) in [7, 11) is 4.32. The van der Waals surface area contributed by atoms with Crippen molar-refractivity contribution in [2.45, 2.75) is 18.9 Å². The highest BCUT2D eigenvalue weighted by molar-refractivity contribution is 5.94. The molecule has 0 spiro atoms. The molecule has 0 aromatic heterocycles. The second-order valence-corrected chi connectivity index (χ2v) is 6.19. The van der Waals surface area contributed by atoms with Gasteiger partial charge < -0.3 is 29.2 Å². The number of carbonyl (C=O) groups excluding carboxylic acids is 1. The van der Waals surface area contributed by atoms with E-state index >= 15 is 0 Å². The first kappa shape index (κ1) is 22.0. The third-order valence-electron chi connectivity index (χ3n) is 4.43. The first-order valence-corrected chi connectivity index (χ1v) is 8.77. The Morgan fingerprint density at radius 3 is 2.00 bits per heavy atom. The molecular weight excluding hydrogens is 380 g/mol. The summed E-state index contributed by atoms with van der Waals surface area (Å²) in [5.41, 5.74) is 0.790. The molecule has 0 aliphatic rings. The summed E-state index contributed by atoms with van der Waals surface area (Å²) in [6.45, 7) is 0.853. The minimum Gasteiger partial charge on any atom is -0.493 e. The van der Waals surface area contributed by atoms with E-state index in [1.165, 1.54) is 46.5 Å². The Hall–Kier alpha value is -3.26. The lowest BCUT2D eigenvalue weighted by Gasteiger charge is -2.25. The van der Waals surface area contributed by atoms with Gasteiger partial charge in [0.25, 0.3) is 0 Å². The van der Waals surface area contributed by atoms with Crippen LogP contribution >= 0.6 is 0 Å². The number of ether oxygens (including phenoxy) is 4. The summed E-state index contributed by atoms with van der Waals surface area (Å²) < 4.78 is 21.5. The average Bonchev–Trinajstić information content (AvgIpc) is 2.72. The number of Topliss-reactive ketones (excluding diaryl/α,β-unsaturated/α-hetero) is 1. The Labute approximate surface area is 168 Å². The molecular formula is C21H24O8. The Kier molecular flexibility index (Phi) is 7.44. The summed E-state index contributed by atoms with van der Waals surface area (Å²) in [6, 6.07) is 9.23. The molecule has 2 aromatic carbocycles. The van der Waals surface area contributed by atoms with Gasteiger partial charge in [-0.3, -0.25) is 9.59 Å². The molecule has 2 N–H and O–H groups in total. The number of carboxylic acids is 1. The van der Waals surface area contributed by atoms with Crippen molar-refractivity contribution < 1.29 is 38.7 Å². The van der Waals surface area contributed by atoms with Gasteiger partial charge in [-0.2, -0.15) is 0 Å². The SMILES string of the molecule is COc1ccc(C(C(=O)O)C(CO)Oc2ccc(C(C)=O)cc2OC)cc1OC. The number of methoxy groups -OCH3 is 3. The molecule has 0 aliphatic heterocycles. The Morgan fingerprint density at radius 2 is 1.48 bits per heavy atom. The number of aliphatic hydroxyl groups is 1. The van der Waals surface area contributed by atoms with Crippen molar-refractivity contribution in [1.82, 2.24) is 0 Å². The third-order valence-corrected chi connectivity index (χ3v) is 4.43. The minimum absolute atomic E-state index is 0.151. The Balaban J connectivity index is 2.42. The van der Waals surface area contributed by atoms with Crippen molar-refractivity contribution in [1.29, 1.82) is 0 Å². The maximum Gasteiger partial charge on any atom is 0.314 e. The molecule has 0 saturated heterocycles. The maximum absolute atomic E-state index is 12.0. The smallest absolute Gasteiger partial charge is 0.314 e. The standard InChI is InChI=1S/C21H24O8/c1-12(23)13-5-8-16(18(9-13)28-4)29-19(11-22)20(21(24)25)14-6-7-15(26-2)17(10-14)27-3/h5-10,19-20,22H,11H2,1-4H3,(H,24,25). The Bertz CT molecular complexity index is 877. The van der Waals surface area contributed by atoms with Crippen LogP contribution in [-0.4, -0.2) is 56.0 Å². The number of hydrogen-bond acceptors (Lipinski definition) is 7. The molecule has 0 saturated carbocycles. The van der Waals surface area contributed by atoms with E-state index in [-0.39, 0.29) is 17.3 Å². The number of aliphatic carboxylic acids is 1.